The molecule has 0 radical (unpaired) electrons. The molecule has 0 aromatic carbocycles. The summed E-state index contributed by atoms with van der Waals surface area (Å²) in [7, 11) is 0.106. The van der Waals surface area contributed by atoms with Gasteiger partial charge in [-0.05, 0) is 24.5 Å². The molecule has 0 N–H and O–H groups in total. The molecule has 0 spiro atoms. The van der Waals surface area contributed by atoms with Crippen LogP contribution in [-0.2, 0) is 9.47 Å². The molecule has 0 bridgehead atoms. The highest BCUT2D eigenvalue weighted by Crippen LogP contribution is 2.33. The summed E-state index contributed by atoms with van der Waals surface area (Å²) in [6.45, 7) is 9.79. The fourth-order valence-electron chi connectivity index (χ4n) is 3.14. The van der Waals surface area contributed by atoms with Gasteiger partial charge in [0, 0.05) is 38.5 Å². The van der Waals surface area contributed by atoms with Crippen LogP contribution in [0, 0.1) is 6.92 Å². The zero-order chi connectivity index (χ0) is 23.6. The molecular weight excluding hydrogens is 476 g/mol. The monoisotopic (exact) mass is 502 g/mol. The minimum atomic E-state index is -1.24. The maximum absolute atomic E-state index is 12.0. The normalized spacial score (nSPS) is 11.8. The summed E-state index contributed by atoms with van der Waals surface area (Å²) in [4.78, 5) is 27.8. The van der Waals surface area contributed by atoms with E-state index in [1.165, 1.54) is 18.6 Å². The van der Waals surface area contributed by atoms with Crippen molar-refractivity contribution in [3.8, 4) is 10.7 Å². The number of thiazole rings is 1. The van der Waals surface area contributed by atoms with Crippen molar-refractivity contribution >= 4 is 53.4 Å². The number of aromatic nitrogens is 5. The van der Waals surface area contributed by atoms with E-state index in [0.29, 0.717) is 18.1 Å². The van der Waals surface area contributed by atoms with Gasteiger partial charge in [-0.3, -0.25) is 9.30 Å². The summed E-state index contributed by atoms with van der Waals surface area (Å²) in [5.74, 6) is 0.150. The molecular formula is C21H26N6O3S2Si. The van der Waals surface area contributed by atoms with Crippen LogP contribution in [0.15, 0.2) is 30.0 Å². The van der Waals surface area contributed by atoms with Gasteiger partial charge in [0.1, 0.15) is 22.4 Å². The molecule has 12 heteroatoms. The Labute approximate surface area is 201 Å². The second-order valence-corrected chi connectivity index (χ2v) is 16.0. The SMILES string of the molecule is COC(=O)c1cc(N(COCC[Si](C)(C)C)c2nc(C)cn3c(-c4nccs4)cnc23)sn1. The van der Waals surface area contributed by atoms with Crippen molar-refractivity contribution in [3.63, 3.8) is 0 Å². The molecule has 4 aromatic heterocycles. The highest BCUT2D eigenvalue weighted by Gasteiger charge is 2.23. The van der Waals surface area contributed by atoms with Crippen molar-refractivity contribution in [2.75, 3.05) is 25.3 Å². The van der Waals surface area contributed by atoms with Gasteiger partial charge >= 0.3 is 5.97 Å². The lowest BCUT2D eigenvalue weighted by Gasteiger charge is -2.23. The lowest BCUT2D eigenvalue weighted by atomic mass is 10.4. The molecule has 0 atom stereocenters. The predicted molar refractivity (Wildman–Crippen MR) is 133 cm³/mol. The molecule has 0 amide bonds. The van der Waals surface area contributed by atoms with Crippen LogP contribution in [0.1, 0.15) is 16.2 Å². The van der Waals surface area contributed by atoms with E-state index in [0.717, 1.165) is 27.4 Å². The Kier molecular flexibility index (Phi) is 6.88. The van der Waals surface area contributed by atoms with Crippen LogP contribution in [0.3, 0.4) is 0 Å². The topological polar surface area (TPSA) is 94.7 Å². The molecule has 0 aliphatic heterocycles. The molecule has 0 aliphatic rings. The number of hydrogen-bond donors (Lipinski definition) is 0. The second-order valence-electron chi connectivity index (χ2n) is 8.70. The highest BCUT2D eigenvalue weighted by atomic mass is 32.1. The molecule has 0 aliphatic carbocycles. The van der Waals surface area contributed by atoms with Crippen LogP contribution in [0.2, 0.25) is 25.7 Å². The number of esters is 1. The highest BCUT2D eigenvalue weighted by molar-refractivity contribution is 7.13. The summed E-state index contributed by atoms with van der Waals surface area (Å²) < 4.78 is 17.2. The number of fused-ring (bicyclic) bond motifs is 1. The van der Waals surface area contributed by atoms with Gasteiger partial charge in [0.25, 0.3) is 0 Å². The van der Waals surface area contributed by atoms with Gasteiger partial charge in [-0.15, -0.1) is 11.3 Å². The smallest absolute Gasteiger partial charge is 0.357 e. The summed E-state index contributed by atoms with van der Waals surface area (Å²) >= 11 is 2.75. The summed E-state index contributed by atoms with van der Waals surface area (Å²) in [6, 6.07) is 2.74. The summed E-state index contributed by atoms with van der Waals surface area (Å²) in [5.41, 5.74) is 2.64. The summed E-state index contributed by atoms with van der Waals surface area (Å²) in [6.07, 6.45) is 5.52. The van der Waals surface area contributed by atoms with E-state index in [1.807, 2.05) is 27.8 Å². The Balaban J connectivity index is 1.74. The average Bonchev–Trinajstić information content (AvgIpc) is 3.52. The van der Waals surface area contributed by atoms with E-state index in [-0.39, 0.29) is 12.4 Å². The number of aryl methyl sites for hydroxylation is 1. The van der Waals surface area contributed by atoms with Gasteiger partial charge in [-0.25, -0.2) is 19.7 Å². The van der Waals surface area contributed by atoms with E-state index >= 15 is 0 Å². The first-order valence-corrected chi connectivity index (χ1v) is 15.8. The Hall–Kier alpha value is -2.67. The van der Waals surface area contributed by atoms with Crippen molar-refractivity contribution in [1.82, 2.24) is 23.7 Å². The fraction of sp³-hybridized carbons (Fsp3) is 0.381. The van der Waals surface area contributed by atoms with E-state index in [9.17, 15) is 4.79 Å². The lowest BCUT2D eigenvalue weighted by molar-refractivity contribution is 0.0595. The van der Waals surface area contributed by atoms with E-state index in [4.69, 9.17) is 14.5 Å². The molecule has 0 saturated carbocycles. The molecule has 0 unspecified atom stereocenters. The average molecular weight is 503 g/mol. The molecule has 4 aromatic rings. The van der Waals surface area contributed by atoms with Crippen LogP contribution < -0.4 is 4.90 Å². The van der Waals surface area contributed by atoms with Crippen LogP contribution >= 0.6 is 22.9 Å². The Morgan fingerprint density at radius 1 is 1.27 bits per heavy atom. The van der Waals surface area contributed by atoms with Gasteiger partial charge < -0.3 is 9.47 Å². The van der Waals surface area contributed by atoms with Crippen LogP contribution in [0.5, 0.6) is 0 Å². The molecule has 174 valence electrons. The van der Waals surface area contributed by atoms with E-state index in [1.54, 1.807) is 29.8 Å². The maximum Gasteiger partial charge on any atom is 0.357 e. The van der Waals surface area contributed by atoms with Gasteiger partial charge in [0.15, 0.2) is 17.2 Å². The van der Waals surface area contributed by atoms with E-state index < -0.39 is 14.0 Å². The van der Waals surface area contributed by atoms with Crippen LogP contribution in [0.25, 0.3) is 16.3 Å². The number of ether oxygens (including phenoxy) is 2. The van der Waals surface area contributed by atoms with Gasteiger partial charge in [0.05, 0.1) is 19.0 Å². The van der Waals surface area contributed by atoms with Gasteiger partial charge in [0.2, 0.25) is 0 Å². The number of rotatable bonds is 9. The van der Waals surface area contributed by atoms with Crippen molar-refractivity contribution < 1.29 is 14.3 Å². The maximum atomic E-state index is 12.0. The zero-order valence-corrected chi connectivity index (χ0v) is 21.9. The van der Waals surface area contributed by atoms with Crippen molar-refractivity contribution in [3.05, 3.63) is 41.4 Å². The third-order valence-electron chi connectivity index (χ3n) is 4.88. The second kappa shape index (κ2) is 9.67. The Morgan fingerprint density at radius 2 is 2.09 bits per heavy atom. The molecule has 0 saturated heterocycles. The Morgan fingerprint density at radius 3 is 2.79 bits per heavy atom. The number of imidazole rings is 1. The van der Waals surface area contributed by atoms with Gasteiger partial charge in [-0.2, -0.15) is 4.37 Å². The quantitative estimate of drug-likeness (QED) is 0.139. The summed E-state index contributed by atoms with van der Waals surface area (Å²) in [5, 5.41) is 3.54. The Bertz CT molecular complexity index is 1250. The third kappa shape index (κ3) is 5.29. The molecule has 0 fully saturated rings. The number of hydrogen-bond acceptors (Lipinski definition) is 10. The minimum Gasteiger partial charge on any atom is -0.464 e. The number of carbonyl (C=O) groups excluding carboxylic acids is 1. The first-order valence-electron chi connectivity index (χ1n) is 10.4. The lowest BCUT2D eigenvalue weighted by Crippen LogP contribution is -2.26. The molecule has 9 nitrogen and oxygen atoms in total. The fourth-order valence-corrected chi connectivity index (χ4v) is 5.26. The van der Waals surface area contributed by atoms with Crippen molar-refractivity contribution in [1.29, 1.82) is 0 Å². The molecule has 4 heterocycles. The first kappa shape index (κ1) is 23.5. The standard InChI is InChI=1S/C21H26N6O3S2Si/c1-14-12-26-16(20-22-6-8-31-20)11-23-18(26)19(24-14)27(13-30-7-9-33(3,4)5)17-10-15(25-32-17)21(28)29-2/h6,8,10-12H,7,9,13H2,1-5H3. The van der Waals surface area contributed by atoms with Crippen LogP contribution in [0.4, 0.5) is 10.8 Å². The zero-order valence-electron chi connectivity index (χ0n) is 19.2. The first-order chi connectivity index (χ1) is 15.8. The minimum absolute atomic E-state index is 0.250. The predicted octanol–water partition coefficient (Wildman–Crippen LogP) is 4.85. The number of anilines is 2. The molecule has 33 heavy (non-hydrogen) atoms. The van der Waals surface area contributed by atoms with Crippen molar-refractivity contribution in [2.45, 2.75) is 32.6 Å². The van der Waals surface area contributed by atoms with Crippen LogP contribution in [-0.4, -0.2) is 58.2 Å². The number of carbonyl (C=O) groups is 1. The van der Waals surface area contributed by atoms with Crippen molar-refractivity contribution in [2.24, 2.45) is 0 Å². The largest absolute Gasteiger partial charge is 0.464 e. The molecule has 4 rings (SSSR count). The van der Waals surface area contributed by atoms with Gasteiger partial charge in [-0.1, -0.05) is 19.6 Å². The number of nitrogens with zero attached hydrogens (tertiary/aromatic N) is 6. The van der Waals surface area contributed by atoms with E-state index in [2.05, 4.69) is 34.0 Å². The number of methoxy groups -OCH3 is 1. The third-order valence-corrected chi connectivity index (χ3v) is 8.19.